The molecule has 2 aromatic carbocycles. The van der Waals surface area contributed by atoms with Crippen molar-refractivity contribution >= 4 is 17.4 Å². The molecule has 0 radical (unpaired) electrons. The average Bonchev–Trinajstić information content (AvgIpc) is 2.41. The Morgan fingerprint density at radius 2 is 1.55 bits per heavy atom. The molecule has 2 rings (SSSR count). The van der Waals surface area contributed by atoms with Gasteiger partial charge in [-0.1, -0.05) is 41.4 Å². The number of hydrogen-bond acceptors (Lipinski definition) is 1. The first-order valence-electron chi connectivity index (χ1n) is 6.13. The van der Waals surface area contributed by atoms with Crippen LogP contribution in [0.3, 0.4) is 0 Å². The predicted octanol–water partition coefficient (Wildman–Crippen LogP) is 4.88. The van der Waals surface area contributed by atoms with Gasteiger partial charge >= 0.3 is 0 Å². The molecule has 20 heavy (non-hydrogen) atoms. The van der Waals surface area contributed by atoms with Gasteiger partial charge in [0.2, 0.25) is 0 Å². The molecule has 0 amide bonds. The zero-order chi connectivity index (χ0) is 14.7. The molecule has 0 heterocycles. The van der Waals surface area contributed by atoms with Crippen LogP contribution in [-0.2, 0) is 0 Å². The van der Waals surface area contributed by atoms with Crippen molar-refractivity contribution in [1.29, 1.82) is 0 Å². The number of halogens is 3. The van der Waals surface area contributed by atoms with Crippen LogP contribution in [0.15, 0.2) is 48.5 Å². The highest BCUT2D eigenvalue weighted by Gasteiger charge is 2.30. The summed E-state index contributed by atoms with van der Waals surface area (Å²) in [5.74, 6) is -2.04. The number of carbonyl (C=O) groups is 1. The topological polar surface area (TPSA) is 17.1 Å². The lowest BCUT2D eigenvalue weighted by Gasteiger charge is -2.15. The number of rotatable bonds is 4. The van der Waals surface area contributed by atoms with E-state index in [-0.39, 0.29) is 5.56 Å². The maximum Gasteiger partial charge on any atom is 0.252 e. The zero-order valence-corrected chi connectivity index (χ0v) is 11.6. The molecule has 104 valence electrons. The lowest BCUT2D eigenvalue weighted by molar-refractivity contribution is 0.0735. The first kappa shape index (κ1) is 14.7. The molecule has 1 nitrogen and oxygen atoms in total. The predicted molar refractivity (Wildman–Crippen MR) is 75.7 cm³/mol. The normalized spacial score (nSPS) is 12.4. The van der Waals surface area contributed by atoms with Gasteiger partial charge in [-0.05, 0) is 36.8 Å². The summed E-state index contributed by atoms with van der Waals surface area (Å²) in [4.78, 5) is 12.3. The van der Waals surface area contributed by atoms with E-state index in [2.05, 4.69) is 0 Å². The largest absolute Gasteiger partial charge is 0.293 e. The standard InChI is InChI=1S/C16H13ClF2O/c1-10-2-4-11(5-3-10)14(16(18)19)15(20)12-6-8-13(17)9-7-12/h2-9,14,16H,1H3. The quantitative estimate of drug-likeness (QED) is 0.735. The molecule has 0 saturated heterocycles. The Kier molecular flexibility index (Phi) is 4.50. The maximum atomic E-state index is 13.3. The Bertz CT molecular complexity index is 591. The van der Waals surface area contributed by atoms with Gasteiger partial charge in [-0.25, -0.2) is 8.78 Å². The summed E-state index contributed by atoms with van der Waals surface area (Å²) in [6.07, 6.45) is -2.75. The lowest BCUT2D eigenvalue weighted by Crippen LogP contribution is -2.20. The Morgan fingerprint density at radius 1 is 1.00 bits per heavy atom. The molecule has 0 fully saturated rings. The van der Waals surface area contributed by atoms with E-state index in [4.69, 9.17) is 11.6 Å². The molecular formula is C16H13ClF2O. The molecule has 0 N–H and O–H groups in total. The van der Waals surface area contributed by atoms with E-state index < -0.39 is 18.1 Å². The van der Waals surface area contributed by atoms with Crippen molar-refractivity contribution in [2.24, 2.45) is 0 Å². The van der Waals surface area contributed by atoms with Gasteiger partial charge in [0.25, 0.3) is 6.43 Å². The van der Waals surface area contributed by atoms with Gasteiger partial charge in [0.15, 0.2) is 5.78 Å². The molecule has 1 atom stereocenters. The van der Waals surface area contributed by atoms with Gasteiger partial charge in [0.1, 0.15) is 5.92 Å². The number of hydrogen-bond donors (Lipinski definition) is 0. The van der Waals surface area contributed by atoms with Crippen LogP contribution >= 0.6 is 11.6 Å². The van der Waals surface area contributed by atoms with Crippen LogP contribution in [0.25, 0.3) is 0 Å². The third-order valence-corrected chi connectivity index (χ3v) is 3.35. The number of ketones is 1. The Labute approximate surface area is 121 Å². The number of alkyl halides is 2. The zero-order valence-electron chi connectivity index (χ0n) is 10.8. The van der Waals surface area contributed by atoms with Crippen molar-refractivity contribution in [3.05, 3.63) is 70.2 Å². The Hall–Kier alpha value is -1.74. The highest BCUT2D eigenvalue weighted by Crippen LogP contribution is 2.28. The number of aryl methyl sites for hydroxylation is 1. The van der Waals surface area contributed by atoms with Gasteiger partial charge in [-0.2, -0.15) is 0 Å². The fourth-order valence-electron chi connectivity index (χ4n) is 1.98. The van der Waals surface area contributed by atoms with Crippen molar-refractivity contribution in [2.45, 2.75) is 19.3 Å². The lowest BCUT2D eigenvalue weighted by atomic mass is 9.90. The molecule has 4 heteroatoms. The number of carbonyl (C=O) groups excluding carboxylic acids is 1. The van der Waals surface area contributed by atoms with Crippen LogP contribution in [0.5, 0.6) is 0 Å². The molecule has 0 saturated carbocycles. The van der Waals surface area contributed by atoms with Crippen LogP contribution in [0.1, 0.15) is 27.4 Å². The van der Waals surface area contributed by atoms with Crippen LogP contribution in [0.2, 0.25) is 5.02 Å². The maximum absolute atomic E-state index is 13.3. The summed E-state index contributed by atoms with van der Waals surface area (Å²) in [7, 11) is 0. The highest BCUT2D eigenvalue weighted by molar-refractivity contribution is 6.30. The summed E-state index contributed by atoms with van der Waals surface area (Å²) in [5.41, 5.74) is 1.52. The second kappa shape index (κ2) is 6.14. The Morgan fingerprint density at radius 3 is 2.05 bits per heavy atom. The van der Waals surface area contributed by atoms with E-state index >= 15 is 0 Å². The van der Waals surface area contributed by atoms with E-state index in [9.17, 15) is 13.6 Å². The van der Waals surface area contributed by atoms with E-state index in [1.54, 1.807) is 24.3 Å². The minimum Gasteiger partial charge on any atom is -0.293 e. The van der Waals surface area contributed by atoms with Gasteiger partial charge in [-0.3, -0.25) is 4.79 Å². The van der Waals surface area contributed by atoms with Crippen LogP contribution in [-0.4, -0.2) is 12.2 Å². The second-order valence-electron chi connectivity index (χ2n) is 4.59. The molecule has 0 aliphatic rings. The molecule has 2 aromatic rings. The van der Waals surface area contributed by atoms with Gasteiger partial charge in [-0.15, -0.1) is 0 Å². The number of Topliss-reactive ketones (excluding diaryl/α,β-unsaturated/α-hetero) is 1. The molecule has 0 aliphatic heterocycles. The minimum absolute atomic E-state index is 0.236. The fourth-order valence-corrected chi connectivity index (χ4v) is 2.10. The summed E-state index contributed by atoms with van der Waals surface area (Å²) in [6.45, 7) is 1.86. The SMILES string of the molecule is Cc1ccc(C(C(=O)c2ccc(Cl)cc2)C(F)F)cc1. The van der Waals surface area contributed by atoms with E-state index in [0.717, 1.165) is 5.56 Å². The van der Waals surface area contributed by atoms with Crippen LogP contribution in [0, 0.1) is 6.92 Å². The van der Waals surface area contributed by atoms with Crippen molar-refractivity contribution in [3.8, 4) is 0 Å². The van der Waals surface area contributed by atoms with Crippen molar-refractivity contribution in [1.82, 2.24) is 0 Å². The van der Waals surface area contributed by atoms with Crippen molar-refractivity contribution in [2.75, 3.05) is 0 Å². The van der Waals surface area contributed by atoms with E-state index in [1.807, 2.05) is 6.92 Å². The third-order valence-electron chi connectivity index (χ3n) is 3.10. The third kappa shape index (κ3) is 3.23. The summed E-state index contributed by atoms with van der Waals surface area (Å²) >= 11 is 5.73. The summed E-state index contributed by atoms with van der Waals surface area (Å²) in [5, 5.41) is 0.463. The van der Waals surface area contributed by atoms with E-state index in [1.165, 1.54) is 24.3 Å². The van der Waals surface area contributed by atoms with Crippen LogP contribution in [0.4, 0.5) is 8.78 Å². The summed E-state index contributed by atoms with van der Waals surface area (Å²) in [6, 6.07) is 12.6. The first-order chi connectivity index (χ1) is 9.49. The fraction of sp³-hybridized carbons (Fsp3) is 0.188. The van der Waals surface area contributed by atoms with Crippen molar-refractivity contribution < 1.29 is 13.6 Å². The van der Waals surface area contributed by atoms with Crippen molar-refractivity contribution in [3.63, 3.8) is 0 Å². The monoisotopic (exact) mass is 294 g/mol. The van der Waals surface area contributed by atoms with Gasteiger partial charge in [0.05, 0.1) is 0 Å². The molecule has 0 bridgehead atoms. The smallest absolute Gasteiger partial charge is 0.252 e. The van der Waals surface area contributed by atoms with Crippen LogP contribution < -0.4 is 0 Å². The molecule has 0 spiro atoms. The molecule has 1 unspecified atom stereocenters. The number of benzene rings is 2. The van der Waals surface area contributed by atoms with Gasteiger partial charge < -0.3 is 0 Å². The van der Waals surface area contributed by atoms with Gasteiger partial charge in [0, 0.05) is 10.6 Å². The second-order valence-corrected chi connectivity index (χ2v) is 5.03. The molecular weight excluding hydrogens is 282 g/mol. The molecule has 0 aromatic heterocycles. The highest BCUT2D eigenvalue weighted by atomic mass is 35.5. The average molecular weight is 295 g/mol. The Balaban J connectivity index is 2.35. The van der Waals surface area contributed by atoms with E-state index in [0.29, 0.717) is 10.6 Å². The molecule has 0 aliphatic carbocycles. The minimum atomic E-state index is -2.75. The first-order valence-corrected chi connectivity index (χ1v) is 6.51. The summed E-state index contributed by atoms with van der Waals surface area (Å²) < 4.78 is 26.5.